The molecule has 0 aliphatic carbocycles. The van der Waals surface area contributed by atoms with Crippen LogP contribution in [0, 0.1) is 0 Å². The predicted molar refractivity (Wildman–Crippen MR) is 92.9 cm³/mol. The minimum absolute atomic E-state index is 0.0200. The van der Waals surface area contributed by atoms with Crippen LogP contribution in [0.3, 0.4) is 0 Å². The van der Waals surface area contributed by atoms with Crippen molar-refractivity contribution in [3.63, 3.8) is 0 Å². The topological polar surface area (TPSA) is 113 Å². The van der Waals surface area contributed by atoms with Gasteiger partial charge in [0.05, 0.1) is 5.56 Å². The molecule has 0 saturated carbocycles. The molecule has 26 heavy (non-hydrogen) atoms. The molecule has 136 valence electrons. The molecule has 0 spiro atoms. The van der Waals surface area contributed by atoms with E-state index in [2.05, 4.69) is 5.32 Å². The van der Waals surface area contributed by atoms with Crippen molar-refractivity contribution in [2.45, 2.75) is 18.6 Å². The third kappa shape index (κ3) is 4.90. The number of carbonyl (C=O) groups excluding carboxylic acids is 1. The second kappa shape index (κ2) is 8.77. The summed E-state index contributed by atoms with van der Waals surface area (Å²) in [5, 5.41) is 20.8. The van der Waals surface area contributed by atoms with Gasteiger partial charge in [-0.15, -0.1) is 0 Å². The summed E-state index contributed by atoms with van der Waals surface area (Å²) in [7, 11) is 1.37. The normalized spacial score (nSPS) is 12.8. The van der Waals surface area contributed by atoms with E-state index < -0.39 is 30.0 Å². The van der Waals surface area contributed by atoms with Gasteiger partial charge in [-0.05, 0) is 23.3 Å². The summed E-state index contributed by atoms with van der Waals surface area (Å²) in [6.45, 7) is 0. The number of ether oxygens (including phenoxy) is 1. The second-order valence-corrected chi connectivity index (χ2v) is 5.63. The fourth-order valence-electron chi connectivity index (χ4n) is 2.49. The highest BCUT2D eigenvalue weighted by molar-refractivity contribution is 5.88. The van der Waals surface area contributed by atoms with Crippen molar-refractivity contribution in [3.8, 4) is 0 Å². The average Bonchev–Trinajstić information content (AvgIpc) is 2.63. The Balaban J connectivity index is 2.10. The van der Waals surface area contributed by atoms with Gasteiger partial charge >= 0.3 is 11.9 Å². The Bertz CT molecular complexity index is 772. The Hall–Kier alpha value is -3.19. The summed E-state index contributed by atoms with van der Waals surface area (Å²) in [5.41, 5.74) is 1.31. The maximum atomic E-state index is 12.4. The van der Waals surface area contributed by atoms with Gasteiger partial charge in [0.15, 0.2) is 6.10 Å². The van der Waals surface area contributed by atoms with E-state index in [1.54, 1.807) is 30.3 Å². The minimum atomic E-state index is -1.19. The predicted octanol–water partition coefficient (Wildman–Crippen LogP) is 1.88. The maximum absolute atomic E-state index is 12.4. The summed E-state index contributed by atoms with van der Waals surface area (Å²) >= 11 is 0. The highest BCUT2D eigenvalue weighted by Gasteiger charge is 2.26. The monoisotopic (exact) mass is 357 g/mol. The molecule has 2 aromatic rings. The molecule has 0 heterocycles. The van der Waals surface area contributed by atoms with Gasteiger partial charge in [-0.3, -0.25) is 4.79 Å². The van der Waals surface area contributed by atoms with Crippen LogP contribution in [-0.2, 0) is 20.7 Å². The zero-order chi connectivity index (χ0) is 19.1. The third-order valence-electron chi connectivity index (χ3n) is 3.83. The zero-order valence-corrected chi connectivity index (χ0v) is 14.1. The standard InChI is InChI=1S/C19H19NO6/c1-26-16(13-5-3-2-4-6-13)17(21)20-15(19(24)25)11-12-7-9-14(10-8-12)18(22)23/h2-10,15-16H,11H2,1H3,(H,20,21)(H,22,23)(H,24,25)/t15-,16+/m0/s1. The van der Waals surface area contributed by atoms with Crippen LogP contribution in [0.15, 0.2) is 54.6 Å². The van der Waals surface area contributed by atoms with Crippen LogP contribution < -0.4 is 5.32 Å². The largest absolute Gasteiger partial charge is 0.480 e. The first-order valence-corrected chi connectivity index (χ1v) is 7.85. The lowest BCUT2D eigenvalue weighted by molar-refractivity contribution is -0.144. The number of amides is 1. The van der Waals surface area contributed by atoms with Crippen molar-refractivity contribution in [2.75, 3.05) is 7.11 Å². The van der Waals surface area contributed by atoms with Crippen molar-refractivity contribution in [3.05, 3.63) is 71.3 Å². The van der Waals surface area contributed by atoms with Crippen molar-refractivity contribution in [1.82, 2.24) is 5.32 Å². The average molecular weight is 357 g/mol. The fourth-order valence-corrected chi connectivity index (χ4v) is 2.49. The molecule has 0 unspecified atom stereocenters. The number of aliphatic carboxylic acids is 1. The second-order valence-electron chi connectivity index (χ2n) is 5.63. The Morgan fingerprint density at radius 2 is 1.62 bits per heavy atom. The molecular formula is C19H19NO6. The molecule has 0 bridgehead atoms. The summed E-state index contributed by atoms with van der Waals surface area (Å²) < 4.78 is 5.20. The van der Waals surface area contributed by atoms with E-state index in [4.69, 9.17) is 9.84 Å². The highest BCUT2D eigenvalue weighted by Crippen LogP contribution is 2.17. The lowest BCUT2D eigenvalue weighted by Crippen LogP contribution is -2.44. The van der Waals surface area contributed by atoms with Gasteiger partial charge in [0, 0.05) is 13.5 Å². The minimum Gasteiger partial charge on any atom is -0.480 e. The van der Waals surface area contributed by atoms with Crippen molar-refractivity contribution >= 4 is 17.8 Å². The summed E-state index contributed by atoms with van der Waals surface area (Å²) in [6.07, 6.45) is -0.904. The number of hydrogen-bond acceptors (Lipinski definition) is 4. The molecule has 1 amide bonds. The molecular weight excluding hydrogens is 338 g/mol. The lowest BCUT2D eigenvalue weighted by Gasteiger charge is -2.20. The molecule has 2 rings (SSSR count). The molecule has 2 atom stereocenters. The van der Waals surface area contributed by atoms with Gasteiger partial charge in [0.2, 0.25) is 0 Å². The lowest BCUT2D eigenvalue weighted by atomic mass is 10.0. The number of benzene rings is 2. The van der Waals surface area contributed by atoms with E-state index in [0.29, 0.717) is 11.1 Å². The summed E-state index contributed by atoms with van der Waals surface area (Å²) in [6, 6.07) is 13.4. The molecule has 0 fully saturated rings. The van der Waals surface area contributed by atoms with Gasteiger partial charge in [0.1, 0.15) is 6.04 Å². The quantitative estimate of drug-likeness (QED) is 0.665. The summed E-state index contributed by atoms with van der Waals surface area (Å²) in [5.74, 6) is -2.82. The van der Waals surface area contributed by atoms with Crippen LogP contribution >= 0.6 is 0 Å². The molecule has 0 aliphatic rings. The Morgan fingerprint density at radius 3 is 2.12 bits per heavy atom. The molecule has 0 aromatic heterocycles. The van der Waals surface area contributed by atoms with E-state index in [-0.39, 0.29) is 12.0 Å². The first-order valence-electron chi connectivity index (χ1n) is 7.85. The number of hydrogen-bond donors (Lipinski definition) is 3. The van der Waals surface area contributed by atoms with Crippen molar-refractivity contribution in [1.29, 1.82) is 0 Å². The molecule has 7 heteroatoms. The van der Waals surface area contributed by atoms with Crippen molar-refractivity contribution < 1.29 is 29.3 Å². The first-order chi connectivity index (χ1) is 12.4. The van der Waals surface area contributed by atoms with Gasteiger partial charge in [-0.1, -0.05) is 42.5 Å². The van der Waals surface area contributed by atoms with Crippen LogP contribution in [-0.4, -0.2) is 41.2 Å². The SMILES string of the molecule is CO[C@@H](C(=O)N[C@@H](Cc1ccc(C(=O)O)cc1)C(=O)O)c1ccccc1. The van der Waals surface area contributed by atoms with E-state index in [0.717, 1.165) is 0 Å². The fraction of sp³-hybridized carbons (Fsp3) is 0.211. The van der Waals surface area contributed by atoms with Crippen LogP contribution in [0.1, 0.15) is 27.6 Å². The Morgan fingerprint density at radius 1 is 1.00 bits per heavy atom. The van der Waals surface area contributed by atoms with Gasteiger partial charge in [-0.2, -0.15) is 0 Å². The van der Waals surface area contributed by atoms with E-state index >= 15 is 0 Å². The molecule has 7 nitrogen and oxygen atoms in total. The van der Waals surface area contributed by atoms with Crippen LogP contribution in [0.2, 0.25) is 0 Å². The Kier molecular flexibility index (Phi) is 6.46. The number of nitrogens with one attached hydrogen (secondary N) is 1. The first kappa shape index (κ1) is 19.1. The molecule has 0 radical (unpaired) electrons. The number of carboxylic acid groups (broad SMARTS) is 2. The van der Waals surface area contributed by atoms with Crippen LogP contribution in [0.5, 0.6) is 0 Å². The van der Waals surface area contributed by atoms with Gasteiger partial charge in [0.25, 0.3) is 5.91 Å². The maximum Gasteiger partial charge on any atom is 0.335 e. The summed E-state index contributed by atoms with van der Waals surface area (Å²) in [4.78, 5) is 34.8. The van der Waals surface area contributed by atoms with Crippen molar-refractivity contribution in [2.24, 2.45) is 0 Å². The smallest absolute Gasteiger partial charge is 0.335 e. The number of rotatable bonds is 8. The zero-order valence-electron chi connectivity index (χ0n) is 14.1. The number of carbonyl (C=O) groups is 3. The van der Waals surface area contributed by atoms with Crippen LogP contribution in [0.25, 0.3) is 0 Å². The molecule has 0 aliphatic heterocycles. The Labute approximate surface area is 150 Å². The number of methoxy groups -OCH3 is 1. The highest BCUT2D eigenvalue weighted by atomic mass is 16.5. The van der Waals surface area contributed by atoms with E-state index in [1.165, 1.54) is 31.4 Å². The molecule has 2 aromatic carbocycles. The van der Waals surface area contributed by atoms with Gasteiger partial charge in [-0.25, -0.2) is 9.59 Å². The van der Waals surface area contributed by atoms with E-state index in [9.17, 15) is 19.5 Å². The van der Waals surface area contributed by atoms with Gasteiger partial charge < -0.3 is 20.3 Å². The van der Waals surface area contributed by atoms with Crippen LogP contribution in [0.4, 0.5) is 0 Å². The number of carboxylic acids is 2. The molecule has 0 saturated heterocycles. The van der Waals surface area contributed by atoms with E-state index in [1.807, 2.05) is 0 Å². The molecule has 3 N–H and O–H groups in total. The third-order valence-corrected chi connectivity index (χ3v) is 3.83. The number of aromatic carboxylic acids is 1.